The SMILES string of the molecule is CN=C(NCc1ncc(C)s1)N1CCN(Cc2ccc(OC)c(F)c2)CC1.I. The minimum absolute atomic E-state index is 0. The molecule has 0 aliphatic carbocycles. The van der Waals surface area contributed by atoms with Crippen molar-refractivity contribution in [1.82, 2.24) is 20.1 Å². The summed E-state index contributed by atoms with van der Waals surface area (Å²) in [6, 6.07) is 5.17. The van der Waals surface area contributed by atoms with Crippen molar-refractivity contribution in [2.24, 2.45) is 4.99 Å². The molecule has 0 radical (unpaired) electrons. The van der Waals surface area contributed by atoms with E-state index in [0.29, 0.717) is 6.54 Å². The highest BCUT2D eigenvalue weighted by Gasteiger charge is 2.20. The maximum absolute atomic E-state index is 13.9. The van der Waals surface area contributed by atoms with Crippen LogP contribution < -0.4 is 10.1 Å². The molecular weight excluding hydrogens is 492 g/mol. The van der Waals surface area contributed by atoms with Gasteiger partial charge in [0.15, 0.2) is 17.5 Å². The maximum atomic E-state index is 13.9. The van der Waals surface area contributed by atoms with E-state index in [1.54, 1.807) is 23.5 Å². The lowest BCUT2D eigenvalue weighted by Gasteiger charge is -2.36. The normalized spacial score (nSPS) is 15.3. The first-order valence-electron chi connectivity index (χ1n) is 9.00. The molecule has 1 N–H and O–H groups in total. The summed E-state index contributed by atoms with van der Waals surface area (Å²) in [6.45, 7) is 7.07. The molecule has 0 bridgehead atoms. The Morgan fingerprint density at radius 3 is 2.64 bits per heavy atom. The average Bonchev–Trinajstić information content (AvgIpc) is 3.09. The van der Waals surface area contributed by atoms with E-state index in [0.717, 1.165) is 49.3 Å². The molecule has 3 rings (SSSR count). The number of guanidine groups is 1. The molecule has 6 nitrogen and oxygen atoms in total. The minimum atomic E-state index is -0.310. The third-order valence-electron chi connectivity index (χ3n) is 4.57. The van der Waals surface area contributed by atoms with E-state index in [9.17, 15) is 4.39 Å². The Hall–Kier alpha value is -1.46. The van der Waals surface area contributed by atoms with Crippen LogP contribution in [0.5, 0.6) is 5.75 Å². The number of aliphatic imine (C=N–C) groups is 1. The monoisotopic (exact) mass is 519 g/mol. The van der Waals surface area contributed by atoms with E-state index in [4.69, 9.17) is 4.74 Å². The molecule has 28 heavy (non-hydrogen) atoms. The third-order valence-corrected chi connectivity index (χ3v) is 5.49. The molecular formula is C19H27FIN5OS. The zero-order valence-corrected chi connectivity index (χ0v) is 19.6. The van der Waals surface area contributed by atoms with Gasteiger partial charge >= 0.3 is 0 Å². The number of benzene rings is 1. The van der Waals surface area contributed by atoms with Crippen molar-refractivity contribution in [3.05, 3.63) is 45.7 Å². The van der Waals surface area contributed by atoms with Gasteiger partial charge in [0.25, 0.3) is 0 Å². The Morgan fingerprint density at radius 2 is 2.07 bits per heavy atom. The minimum Gasteiger partial charge on any atom is -0.494 e. The van der Waals surface area contributed by atoms with Crippen molar-refractivity contribution >= 4 is 41.3 Å². The second-order valence-electron chi connectivity index (χ2n) is 6.50. The number of piperazine rings is 1. The number of thiazole rings is 1. The van der Waals surface area contributed by atoms with Crippen LogP contribution in [-0.4, -0.2) is 61.1 Å². The lowest BCUT2D eigenvalue weighted by molar-refractivity contribution is 0.172. The van der Waals surface area contributed by atoms with Gasteiger partial charge in [0.05, 0.1) is 13.7 Å². The largest absolute Gasteiger partial charge is 0.494 e. The zero-order valence-electron chi connectivity index (χ0n) is 16.4. The van der Waals surface area contributed by atoms with Crippen molar-refractivity contribution in [2.75, 3.05) is 40.3 Å². The fourth-order valence-electron chi connectivity index (χ4n) is 3.15. The summed E-state index contributed by atoms with van der Waals surface area (Å²) in [5.74, 6) is 0.877. The predicted octanol–water partition coefficient (Wildman–Crippen LogP) is 3.11. The van der Waals surface area contributed by atoms with E-state index in [1.807, 2.05) is 19.3 Å². The highest BCUT2D eigenvalue weighted by molar-refractivity contribution is 14.0. The molecule has 9 heteroatoms. The second kappa shape index (κ2) is 10.9. The van der Waals surface area contributed by atoms with Gasteiger partial charge in [-0.3, -0.25) is 9.89 Å². The zero-order chi connectivity index (χ0) is 19.2. The highest BCUT2D eigenvalue weighted by atomic mass is 127. The summed E-state index contributed by atoms with van der Waals surface area (Å²) in [5.41, 5.74) is 0.961. The smallest absolute Gasteiger partial charge is 0.194 e. The van der Waals surface area contributed by atoms with Gasteiger partial charge in [-0.1, -0.05) is 6.07 Å². The molecule has 1 fully saturated rings. The number of nitrogens with zero attached hydrogens (tertiary/aromatic N) is 4. The topological polar surface area (TPSA) is 53.0 Å². The Morgan fingerprint density at radius 1 is 1.32 bits per heavy atom. The summed E-state index contributed by atoms with van der Waals surface area (Å²) < 4.78 is 18.8. The molecule has 0 saturated carbocycles. The number of halogens is 2. The van der Waals surface area contributed by atoms with Crippen LogP contribution in [0.3, 0.4) is 0 Å². The lowest BCUT2D eigenvalue weighted by atomic mass is 10.2. The number of methoxy groups -OCH3 is 1. The number of aryl methyl sites for hydroxylation is 1. The Bertz CT molecular complexity index is 792. The van der Waals surface area contributed by atoms with Crippen LogP contribution in [0.15, 0.2) is 29.4 Å². The third kappa shape index (κ3) is 6.02. The number of nitrogens with one attached hydrogen (secondary N) is 1. The number of aromatic nitrogens is 1. The summed E-state index contributed by atoms with van der Waals surface area (Å²) in [5, 5.41) is 4.46. The second-order valence-corrected chi connectivity index (χ2v) is 7.82. The summed E-state index contributed by atoms with van der Waals surface area (Å²) >= 11 is 1.70. The van der Waals surface area contributed by atoms with Crippen molar-refractivity contribution in [3.8, 4) is 5.75 Å². The molecule has 2 heterocycles. The summed E-state index contributed by atoms with van der Waals surface area (Å²) in [6.07, 6.45) is 1.89. The van der Waals surface area contributed by atoms with Crippen LogP contribution in [0, 0.1) is 12.7 Å². The first-order valence-corrected chi connectivity index (χ1v) is 9.82. The van der Waals surface area contributed by atoms with Gasteiger partial charge in [-0.2, -0.15) is 0 Å². The molecule has 0 unspecified atom stereocenters. The van der Waals surface area contributed by atoms with E-state index in [1.165, 1.54) is 12.0 Å². The molecule has 1 aliphatic rings. The van der Waals surface area contributed by atoms with Crippen LogP contribution >= 0.6 is 35.3 Å². The molecule has 1 aromatic heterocycles. The number of rotatable bonds is 5. The standard InChI is InChI=1S/C19H26FN5OS.HI/c1-14-11-22-18(27-14)12-23-19(21-2)25-8-6-24(7-9-25)13-15-4-5-17(26-3)16(20)10-15;/h4-5,10-11H,6-9,12-13H2,1-3H3,(H,21,23);1H. The maximum Gasteiger partial charge on any atom is 0.194 e. The van der Waals surface area contributed by atoms with Crippen molar-refractivity contribution < 1.29 is 9.13 Å². The van der Waals surface area contributed by atoms with Gasteiger partial charge in [0.1, 0.15) is 5.01 Å². The van der Waals surface area contributed by atoms with Crippen molar-refractivity contribution in [3.63, 3.8) is 0 Å². The van der Waals surface area contributed by atoms with E-state index in [2.05, 4.69) is 32.0 Å². The number of hydrogen-bond acceptors (Lipinski definition) is 5. The van der Waals surface area contributed by atoms with Crippen LogP contribution in [0.1, 0.15) is 15.4 Å². The van der Waals surface area contributed by atoms with Gasteiger partial charge in [-0.15, -0.1) is 35.3 Å². The van der Waals surface area contributed by atoms with Crippen molar-refractivity contribution in [1.29, 1.82) is 0 Å². The first kappa shape index (κ1) is 22.8. The number of hydrogen-bond donors (Lipinski definition) is 1. The molecule has 0 atom stereocenters. The van der Waals surface area contributed by atoms with Gasteiger partial charge in [0, 0.05) is 50.8 Å². The predicted molar refractivity (Wildman–Crippen MR) is 122 cm³/mol. The fourth-order valence-corrected chi connectivity index (χ4v) is 3.88. The lowest BCUT2D eigenvalue weighted by Crippen LogP contribution is -2.52. The average molecular weight is 519 g/mol. The Kier molecular flexibility index (Phi) is 8.90. The molecule has 1 aliphatic heterocycles. The molecule has 1 aromatic carbocycles. The summed E-state index contributed by atoms with van der Waals surface area (Å²) in [7, 11) is 3.29. The molecule has 2 aromatic rings. The van der Waals surface area contributed by atoms with E-state index >= 15 is 0 Å². The van der Waals surface area contributed by atoms with Gasteiger partial charge < -0.3 is 15.0 Å². The number of ether oxygens (including phenoxy) is 1. The van der Waals surface area contributed by atoms with E-state index < -0.39 is 0 Å². The van der Waals surface area contributed by atoms with Crippen LogP contribution in [0.25, 0.3) is 0 Å². The van der Waals surface area contributed by atoms with E-state index in [-0.39, 0.29) is 35.5 Å². The Labute approximate surface area is 186 Å². The first-order chi connectivity index (χ1) is 13.1. The fraction of sp³-hybridized carbons (Fsp3) is 0.474. The molecule has 154 valence electrons. The van der Waals surface area contributed by atoms with Crippen molar-refractivity contribution in [2.45, 2.75) is 20.0 Å². The quantitative estimate of drug-likeness (QED) is 0.374. The summed E-state index contributed by atoms with van der Waals surface area (Å²) in [4.78, 5) is 14.6. The van der Waals surface area contributed by atoms with Gasteiger partial charge in [-0.05, 0) is 24.6 Å². The molecule has 1 saturated heterocycles. The van der Waals surface area contributed by atoms with Gasteiger partial charge in [0.2, 0.25) is 0 Å². The van der Waals surface area contributed by atoms with Gasteiger partial charge in [-0.25, -0.2) is 9.37 Å². The Balaban J connectivity index is 0.00000280. The van der Waals surface area contributed by atoms with Crippen LogP contribution in [0.2, 0.25) is 0 Å². The highest BCUT2D eigenvalue weighted by Crippen LogP contribution is 2.19. The van der Waals surface area contributed by atoms with Crippen LogP contribution in [-0.2, 0) is 13.1 Å². The molecule has 0 spiro atoms. The molecule has 0 amide bonds. The van der Waals surface area contributed by atoms with Crippen LogP contribution in [0.4, 0.5) is 4.39 Å².